The van der Waals surface area contributed by atoms with Crippen molar-refractivity contribution < 1.29 is 4.79 Å². The second-order valence-corrected chi connectivity index (χ2v) is 7.53. The van der Waals surface area contributed by atoms with E-state index in [0.717, 1.165) is 56.2 Å². The Hall–Kier alpha value is -2.17. The van der Waals surface area contributed by atoms with Gasteiger partial charge in [0.2, 0.25) is 5.91 Å². The number of carbonyl (C=O) groups is 1. The summed E-state index contributed by atoms with van der Waals surface area (Å²) in [6, 6.07) is 10.0. The van der Waals surface area contributed by atoms with Crippen molar-refractivity contribution in [3.8, 4) is 0 Å². The number of carbonyl (C=O) groups excluding carboxylic acids is 1. The minimum Gasteiger partial charge on any atom is -0.342 e. The van der Waals surface area contributed by atoms with Gasteiger partial charge in [0, 0.05) is 26.1 Å². The molecule has 1 saturated heterocycles. The Labute approximate surface area is 149 Å². The van der Waals surface area contributed by atoms with E-state index in [2.05, 4.69) is 14.8 Å². The molecule has 1 aliphatic heterocycles. The molecular formula is C20H26N4O. The fourth-order valence-electron chi connectivity index (χ4n) is 3.70. The summed E-state index contributed by atoms with van der Waals surface area (Å²) >= 11 is 0. The molecule has 1 aromatic carbocycles. The van der Waals surface area contributed by atoms with Crippen molar-refractivity contribution in [2.24, 2.45) is 11.8 Å². The van der Waals surface area contributed by atoms with E-state index in [4.69, 9.17) is 0 Å². The molecule has 4 rings (SSSR count). The zero-order chi connectivity index (χ0) is 17.1. The molecule has 0 atom stereocenters. The highest BCUT2D eigenvalue weighted by molar-refractivity contribution is 5.78. The molecule has 25 heavy (non-hydrogen) atoms. The molecule has 0 radical (unpaired) electrons. The molecule has 1 amide bonds. The quantitative estimate of drug-likeness (QED) is 0.814. The topological polar surface area (TPSA) is 51.0 Å². The highest BCUT2D eigenvalue weighted by atomic mass is 16.2. The molecule has 0 N–H and O–H groups in total. The Morgan fingerprint density at radius 3 is 2.52 bits per heavy atom. The Morgan fingerprint density at radius 1 is 1.04 bits per heavy atom. The Kier molecular flexibility index (Phi) is 4.81. The summed E-state index contributed by atoms with van der Waals surface area (Å²) in [6.45, 7) is 2.82. The van der Waals surface area contributed by atoms with Gasteiger partial charge in [0.25, 0.3) is 0 Å². The van der Waals surface area contributed by atoms with E-state index in [1.54, 1.807) is 0 Å². The lowest BCUT2D eigenvalue weighted by Crippen LogP contribution is -2.39. The molecule has 132 valence electrons. The molecule has 0 unspecified atom stereocenters. The largest absolute Gasteiger partial charge is 0.342 e. The van der Waals surface area contributed by atoms with Crippen molar-refractivity contribution in [3.05, 3.63) is 48.0 Å². The van der Waals surface area contributed by atoms with Crippen LogP contribution in [0, 0.1) is 11.8 Å². The molecule has 2 aliphatic rings. The second kappa shape index (κ2) is 7.38. The van der Waals surface area contributed by atoms with Gasteiger partial charge in [-0.2, -0.15) is 0 Å². The number of benzene rings is 1. The highest BCUT2D eigenvalue weighted by Gasteiger charge is 2.26. The molecule has 0 spiro atoms. The molecule has 5 nitrogen and oxygen atoms in total. The number of amides is 1. The monoisotopic (exact) mass is 338 g/mol. The normalized spacial score (nSPS) is 18.5. The van der Waals surface area contributed by atoms with E-state index in [1.807, 2.05) is 41.6 Å². The summed E-state index contributed by atoms with van der Waals surface area (Å²) in [6.07, 6.45) is 8.22. The molecular weight excluding hydrogens is 312 g/mol. The lowest BCUT2D eigenvalue weighted by atomic mass is 9.93. The fourth-order valence-corrected chi connectivity index (χ4v) is 3.70. The van der Waals surface area contributed by atoms with E-state index >= 15 is 0 Å². The number of rotatable bonds is 6. The first kappa shape index (κ1) is 16.3. The van der Waals surface area contributed by atoms with Crippen molar-refractivity contribution in [3.63, 3.8) is 0 Å². The van der Waals surface area contributed by atoms with E-state index < -0.39 is 0 Å². The van der Waals surface area contributed by atoms with E-state index in [1.165, 1.54) is 12.8 Å². The van der Waals surface area contributed by atoms with Crippen LogP contribution in [0.15, 0.2) is 36.7 Å². The van der Waals surface area contributed by atoms with Crippen molar-refractivity contribution in [1.29, 1.82) is 0 Å². The zero-order valence-electron chi connectivity index (χ0n) is 14.7. The zero-order valence-corrected chi connectivity index (χ0v) is 14.7. The molecule has 1 aliphatic carbocycles. The lowest BCUT2D eigenvalue weighted by molar-refractivity contribution is -0.131. The Morgan fingerprint density at radius 2 is 1.80 bits per heavy atom. The van der Waals surface area contributed by atoms with Gasteiger partial charge in [-0.05, 0) is 43.1 Å². The van der Waals surface area contributed by atoms with Gasteiger partial charge in [0.1, 0.15) is 12.2 Å². The summed E-state index contributed by atoms with van der Waals surface area (Å²) in [7, 11) is 0. The average Bonchev–Trinajstić information content (AvgIpc) is 3.35. The van der Waals surface area contributed by atoms with Crippen LogP contribution >= 0.6 is 0 Å². The van der Waals surface area contributed by atoms with Crippen LogP contribution < -0.4 is 0 Å². The van der Waals surface area contributed by atoms with Crippen LogP contribution in [0.1, 0.15) is 37.1 Å². The molecule has 1 saturated carbocycles. The maximum absolute atomic E-state index is 12.5. The average molecular weight is 338 g/mol. The highest BCUT2D eigenvalue weighted by Crippen LogP contribution is 2.31. The van der Waals surface area contributed by atoms with Gasteiger partial charge in [-0.1, -0.05) is 30.3 Å². The number of piperidine rings is 1. The van der Waals surface area contributed by atoms with Crippen LogP contribution in [-0.2, 0) is 24.2 Å². The van der Waals surface area contributed by atoms with E-state index in [0.29, 0.717) is 12.3 Å². The van der Waals surface area contributed by atoms with Gasteiger partial charge >= 0.3 is 0 Å². The van der Waals surface area contributed by atoms with E-state index in [-0.39, 0.29) is 5.91 Å². The van der Waals surface area contributed by atoms with Gasteiger partial charge in [0.05, 0.1) is 6.42 Å². The van der Waals surface area contributed by atoms with E-state index in [9.17, 15) is 4.79 Å². The molecule has 2 aromatic rings. The van der Waals surface area contributed by atoms with Crippen LogP contribution in [0.2, 0.25) is 0 Å². The first-order valence-corrected chi connectivity index (χ1v) is 9.46. The smallest absolute Gasteiger partial charge is 0.226 e. The maximum Gasteiger partial charge on any atom is 0.226 e. The number of hydrogen-bond acceptors (Lipinski definition) is 3. The third kappa shape index (κ3) is 4.27. The van der Waals surface area contributed by atoms with Crippen molar-refractivity contribution >= 4 is 5.91 Å². The predicted molar refractivity (Wildman–Crippen MR) is 95.9 cm³/mol. The van der Waals surface area contributed by atoms with Gasteiger partial charge in [-0.15, -0.1) is 10.2 Å². The first-order valence-electron chi connectivity index (χ1n) is 9.46. The van der Waals surface area contributed by atoms with Gasteiger partial charge < -0.3 is 9.47 Å². The number of hydrogen-bond donors (Lipinski definition) is 0. The molecule has 1 aromatic heterocycles. The van der Waals surface area contributed by atoms with Crippen LogP contribution in [0.4, 0.5) is 0 Å². The van der Waals surface area contributed by atoms with Gasteiger partial charge in [-0.25, -0.2) is 0 Å². The minimum absolute atomic E-state index is 0.251. The summed E-state index contributed by atoms with van der Waals surface area (Å²) in [5, 5.41) is 8.44. The Balaban J connectivity index is 1.27. The van der Waals surface area contributed by atoms with Gasteiger partial charge in [-0.3, -0.25) is 4.79 Å². The van der Waals surface area contributed by atoms with Crippen LogP contribution in [0.25, 0.3) is 0 Å². The fraction of sp³-hybridized carbons (Fsp3) is 0.550. The van der Waals surface area contributed by atoms with Crippen LogP contribution in [0.5, 0.6) is 0 Å². The number of aromatic nitrogens is 3. The summed E-state index contributed by atoms with van der Waals surface area (Å²) in [5.41, 5.74) is 1.10. The van der Waals surface area contributed by atoms with Gasteiger partial charge in [0.15, 0.2) is 0 Å². The van der Waals surface area contributed by atoms with Crippen molar-refractivity contribution in [2.75, 3.05) is 13.1 Å². The molecule has 5 heteroatoms. The van der Waals surface area contributed by atoms with Crippen LogP contribution in [-0.4, -0.2) is 38.7 Å². The minimum atomic E-state index is 0.251. The molecule has 2 heterocycles. The molecule has 2 fully saturated rings. The summed E-state index contributed by atoms with van der Waals surface area (Å²) in [5.74, 6) is 2.83. The number of nitrogens with zero attached hydrogens (tertiary/aromatic N) is 4. The SMILES string of the molecule is O=C(Cc1ccccc1)N1CCC(Cc2nncn2CC2CC2)CC1. The van der Waals surface area contributed by atoms with Crippen LogP contribution in [0.3, 0.4) is 0 Å². The van der Waals surface area contributed by atoms with Crippen molar-refractivity contribution in [1.82, 2.24) is 19.7 Å². The molecule has 0 bridgehead atoms. The standard InChI is InChI=1S/C20H26N4O/c25-20(13-16-4-2-1-3-5-16)23-10-8-17(9-11-23)12-19-22-21-15-24(19)14-18-6-7-18/h1-5,15,17-18H,6-14H2. The third-order valence-electron chi connectivity index (χ3n) is 5.48. The predicted octanol–water partition coefficient (Wildman–Crippen LogP) is 2.71. The third-order valence-corrected chi connectivity index (χ3v) is 5.48. The Bertz CT molecular complexity index is 699. The number of likely N-dealkylation sites (tertiary alicyclic amines) is 1. The maximum atomic E-state index is 12.5. The lowest BCUT2D eigenvalue weighted by Gasteiger charge is -2.32. The van der Waals surface area contributed by atoms with Crippen molar-refractivity contribution in [2.45, 2.75) is 45.1 Å². The summed E-state index contributed by atoms with van der Waals surface area (Å²) in [4.78, 5) is 14.5. The summed E-state index contributed by atoms with van der Waals surface area (Å²) < 4.78 is 2.24. The first-order chi connectivity index (χ1) is 12.3. The second-order valence-electron chi connectivity index (χ2n) is 7.53.